The predicted molar refractivity (Wildman–Crippen MR) is 121 cm³/mol. The number of nitrogens with two attached hydrogens (primary N) is 1. The van der Waals surface area contributed by atoms with Gasteiger partial charge >= 0.3 is 0 Å². The average molecular weight is 480 g/mol. The lowest BCUT2D eigenvalue weighted by atomic mass is 9.84. The Balaban J connectivity index is 1.76. The number of hydrogen-bond acceptors (Lipinski definition) is 7. The molecule has 1 saturated carbocycles. The van der Waals surface area contributed by atoms with Gasteiger partial charge in [0.25, 0.3) is 0 Å². The maximum atomic E-state index is 13.9. The first kappa shape index (κ1) is 23.1. The molecule has 2 heterocycles. The molecule has 9 nitrogen and oxygen atoms in total. The third-order valence-electron chi connectivity index (χ3n) is 6.65. The van der Waals surface area contributed by atoms with Gasteiger partial charge in [-0.1, -0.05) is 12.8 Å². The lowest BCUT2D eigenvalue weighted by Crippen LogP contribution is -2.36. The molecule has 1 aliphatic heterocycles. The molecule has 0 amide bonds. The Morgan fingerprint density at radius 2 is 1.91 bits per heavy atom. The number of sulfonamides is 2. The van der Waals surface area contributed by atoms with Crippen molar-refractivity contribution in [2.75, 3.05) is 18.5 Å². The summed E-state index contributed by atoms with van der Waals surface area (Å²) in [5.41, 5.74) is 1.08. The minimum Gasteiger partial charge on any atom is -0.368 e. The molecule has 1 atom stereocenters. The van der Waals surface area contributed by atoms with Crippen molar-refractivity contribution in [3.63, 3.8) is 0 Å². The smallest absolute Gasteiger partial charge is 0.245 e. The minimum atomic E-state index is -4.07. The van der Waals surface area contributed by atoms with Crippen LogP contribution in [0.5, 0.6) is 0 Å². The average Bonchev–Trinajstić information content (AvgIpc) is 3.33. The van der Waals surface area contributed by atoms with Crippen molar-refractivity contribution in [2.45, 2.75) is 61.4 Å². The first-order chi connectivity index (χ1) is 15.0. The minimum absolute atomic E-state index is 0.0235. The van der Waals surface area contributed by atoms with Gasteiger partial charge in [0.1, 0.15) is 4.90 Å². The van der Waals surface area contributed by atoms with Crippen molar-refractivity contribution in [1.29, 1.82) is 0 Å². The predicted octanol–water partition coefficient (Wildman–Crippen LogP) is 2.10. The molecular formula is C21H29N5O4S2. The zero-order valence-electron chi connectivity index (χ0n) is 18.3. The zero-order chi connectivity index (χ0) is 23.1. The molecule has 1 saturated heterocycles. The van der Waals surface area contributed by atoms with Crippen LogP contribution in [-0.2, 0) is 26.6 Å². The summed E-state index contributed by atoms with van der Waals surface area (Å²) in [6, 6.07) is 3.85. The molecule has 2 aromatic rings. The van der Waals surface area contributed by atoms with Crippen LogP contribution < -0.4 is 10.0 Å². The second-order valence-corrected chi connectivity index (χ2v) is 12.5. The monoisotopic (exact) mass is 479 g/mol. The zero-order valence-corrected chi connectivity index (χ0v) is 19.9. The van der Waals surface area contributed by atoms with Crippen molar-refractivity contribution in [3.8, 4) is 0 Å². The Bertz CT molecular complexity index is 1200. The Morgan fingerprint density at radius 3 is 2.53 bits per heavy atom. The molecule has 0 bridgehead atoms. The fourth-order valence-electron chi connectivity index (χ4n) is 5.15. The molecule has 2 aliphatic rings. The molecule has 32 heavy (non-hydrogen) atoms. The van der Waals surface area contributed by atoms with Crippen LogP contribution in [0.3, 0.4) is 0 Å². The first-order valence-electron chi connectivity index (χ1n) is 10.7. The van der Waals surface area contributed by atoms with Crippen molar-refractivity contribution in [1.82, 2.24) is 14.3 Å². The summed E-state index contributed by atoms with van der Waals surface area (Å²) in [6.07, 6.45) is 9.86. The standard InChI is InChI=1S/C21H29N5O4S2/c1-16-12-21(7-3-4-8-21)15-26(16)32(29,30)20-11-18(31(22,27)28)5-6-19(20)25(2)14-17-13-23-9-10-24-17/h5-6,9-11,13,16H,3-4,7-8,12,14-15H2,1-2H3,(H2,22,27,28)/t16-/m0/s1. The van der Waals surface area contributed by atoms with Gasteiger partial charge < -0.3 is 4.90 Å². The lowest BCUT2D eigenvalue weighted by Gasteiger charge is -2.27. The van der Waals surface area contributed by atoms with Gasteiger partial charge in [-0.2, -0.15) is 4.31 Å². The normalized spacial score (nSPS) is 21.3. The van der Waals surface area contributed by atoms with Gasteiger partial charge in [-0.25, -0.2) is 22.0 Å². The molecule has 1 aromatic carbocycles. The van der Waals surface area contributed by atoms with Crippen molar-refractivity contribution in [3.05, 3.63) is 42.5 Å². The maximum Gasteiger partial charge on any atom is 0.245 e. The van der Waals surface area contributed by atoms with E-state index in [1.165, 1.54) is 18.2 Å². The Kier molecular flexibility index (Phi) is 6.03. The van der Waals surface area contributed by atoms with Crippen LogP contribution in [0.1, 0.15) is 44.7 Å². The van der Waals surface area contributed by atoms with E-state index in [1.54, 1.807) is 34.8 Å². The molecule has 174 valence electrons. The summed E-state index contributed by atoms with van der Waals surface area (Å²) in [5, 5.41) is 5.33. The molecule has 1 aromatic heterocycles. The number of anilines is 1. The molecule has 2 N–H and O–H groups in total. The quantitative estimate of drug-likeness (QED) is 0.672. The van der Waals surface area contributed by atoms with E-state index in [2.05, 4.69) is 9.97 Å². The highest BCUT2D eigenvalue weighted by molar-refractivity contribution is 7.90. The SMILES string of the molecule is C[C@H]1CC2(CCCC2)CN1S(=O)(=O)c1cc(S(N)(=O)=O)ccc1N(C)Cc1cnccn1. The van der Waals surface area contributed by atoms with Crippen LogP contribution in [0.2, 0.25) is 0 Å². The first-order valence-corrected chi connectivity index (χ1v) is 13.7. The van der Waals surface area contributed by atoms with Gasteiger partial charge in [0, 0.05) is 32.0 Å². The fraction of sp³-hybridized carbons (Fsp3) is 0.524. The lowest BCUT2D eigenvalue weighted by molar-refractivity contribution is 0.313. The molecule has 1 aliphatic carbocycles. The van der Waals surface area contributed by atoms with Crippen LogP contribution in [0.15, 0.2) is 46.6 Å². The third-order valence-corrected chi connectivity index (χ3v) is 9.55. The number of hydrogen-bond donors (Lipinski definition) is 1. The number of rotatable bonds is 6. The highest BCUT2D eigenvalue weighted by Gasteiger charge is 2.48. The summed E-state index contributed by atoms with van der Waals surface area (Å²) in [6.45, 7) is 2.70. The fourth-order valence-corrected chi connectivity index (χ4v) is 7.77. The topological polar surface area (TPSA) is 127 Å². The summed E-state index contributed by atoms with van der Waals surface area (Å²) < 4.78 is 53.3. The second kappa shape index (κ2) is 8.36. The molecule has 2 fully saturated rings. The molecule has 1 spiro atoms. The Hall–Kier alpha value is -2.08. The third kappa shape index (κ3) is 4.39. The van der Waals surface area contributed by atoms with Crippen LogP contribution in [0.25, 0.3) is 0 Å². The van der Waals surface area contributed by atoms with E-state index in [-0.39, 0.29) is 21.2 Å². The van der Waals surface area contributed by atoms with E-state index in [9.17, 15) is 16.8 Å². The molecule has 0 unspecified atom stereocenters. The number of nitrogens with zero attached hydrogens (tertiary/aromatic N) is 4. The maximum absolute atomic E-state index is 13.9. The Labute approximate surface area is 189 Å². The van der Waals surface area contributed by atoms with E-state index in [1.807, 2.05) is 6.92 Å². The molecule has 0 radical (unpaired) electrons. The van der Waals surface area contributed by atoms with Gasteiger partial charge in [-0.05, 0) is 49.8 Å². The second-order valence-electron chi connectivity index (χ2n) is 9.04. The van der Waals surface area contributed by atoms with E-state index in [0.717, 1.165) is 32.1 Å². The van der Waals surface area contributed by atoms with Crippen LogP contribution in [0, 0.1) is 5.41 Å². The number of benzene rings is 1. The largest absolute Gasteiger partial charge is 0.368 e. The van der Waals surface area contributed by atoms with Crippen LogP contribution in [-0.4, -0.2) is 50.7 Å². The van der Waals surface area contributed by atoms with E-state index < -0.39 is 20.0 Å². The van der Waals surface area contributed by atoms with Crippen LogP contribution in [0.4, 0.5) is 5.69 Å². The van der Waals surface area contributed by atoms with Gasteiger partial charge in [0.15, 0.2) is 0 Å². The van der Waals surface area contributed by atoms with Gasteiger partial charge in [-0.15, -0.1) is 0 Å². The number of primary sulfonamides is 1. The van der Waals surface area contributed by atoms with Gasteiger partial charge in [0.2, 0.25) is 20.0 Å². The summed E-state index contributed by atoms with van der Waals surface area (Å²) in [7, 11) is -6.29. The Morgan fingerprint density at radius 1 is 1.19 bits per heavy atom. The van der Waals surface area contributed by atoms with Gasteiger partial charge in [-0.3, -0.25) is 9.97 Å². The van der Waals surface area contributed by atoms with Crippen molar-refractivity contribution < 1.29 is 16.8 Å². The van der Waals surface area contributed by atoms with Gasteiger partial charge in [0.05, 0.1) is 29.0 Å². The summed E-state index contributed by atoms with van der Waals surface area (Å²) in [5.74, 6) is 0. The van der Waals surface area contributed by atoms with Crippen LogP contribution >= 0.6 is 0 Å². The van der Waals surface area contributed by atoms with E-state index in [0.29, 0.717) is 24.5 Å². The molecular weight excluding hydrogens is 450 g/mol. The van der Waals surface area contributed by atoms with E-state index >= 15 is 0 Å². The van der Waals surface area contributed by atoms with E-state index in [4.69, 9.17) is 5.14 Å². The molecule has 4 rings (SSSR count). The summed E-state index contributed by atoms with van der Waals surface area (Å²) >= 11 is 0. The number of aromatic nitrogens is 2. The van der Waals surface area contributed by atoms with Crippen molar-refractivity contribution >= 4 is 25.7 Å². The molecule has 11 heteroatoms. The van der Waals surface area contributed by atoms with Crippen molar-refractivity contribution in [2.24, 2.45) is 10.6 Å². The highest BCUT2D eigenvalue weighted by Crippen LogP contribution is 2.49. The highest BCUT2D eigenvalue weighted by atomic mass is 32.2. The summed E-state index contributed by atoms with van der Waals surface area (Å²) in [4.78, 5) is 9.75.